The lowest BCUT2D eigenvalue weighted by Crippen LogP contribution is -2.28. The van der Waals surface area contributed by atoms with Crippen molar-refractivity contribution in [2.24, 2.45) is 0 Å². The van der Waals surface area contributed by atoms with Crippen LogP contribution < -0.4 is 14.8 Å². The average molecular weight is 471 g/mol. The summed E-state index contributed by atoms with van der Waals surface area (Å²) >= 11 is 1.39. The third kappa shape index (κ3) is 5.83. The zero-order chi connectivity index (χ0) is 24.0. The minimum absolute atomic E-state index is 0.108. The van der Waals surface area contributed by atoms with E-state index in [1.54, 1.807) is 13.8 Å². The molecule has 1 N–H and O–H groups in total. The van der Waals surface area contributed by atoms with E-state index in [-0.39, 0.29) is 23.8 Å². The van der Waals surface area contributed by atoms with Crippen molar-refractivity contribution >= 4 is 23.4 Å². The van der Waals surface area contributed by atoms with E-state index in [2.05, 4.69) is 46.5 Å². The summed E-state index contributed by atoms with van der Waals surface area (Å²) in [4.78, 5) is 28.8. The maximum absolute atomic E-state index is 12.9. The summed E-state index contributed by atoms with van der Waals surface area (Å²) in [5.74, 6) is -0.0498. The Hall–Kier alpha value is -3.53. The van der Waals surface area contributed by atoms with Crippen LogP contribution in [0, 0.1) is 0 Å². The minimum atomic E-state index is -0.955. The first-order chi connectivity index (χ1) is 15.8. The summed E-state index contributed by atoms with van der Waals surface area (Å²) in [6.07, 6.45) is 0.434. The van der Waals surface area contributed by atoms with Gasteiger partial charge in [-0.05, 0) is 25.3 Å². The second-order valence-corrected chi connectivity index (χ2v) is 8.40. The molecule has 0 bridgehead atoms. The zero-order valence-electron chi connectivity index (χ0n) is 19.1. The maximum atomic E-state index is 12.9. The van der Waals surface area contributed by atoms with Gasteiger partial charge in [0.2, 0.25) is 5.75 Å². The second kappa shape index (κ2) is 10.9. The number of rotatable bonds is 8. The van der Waals surface area contributed by atoms with Crippen molar-refractivity contribution in [2.45, 2.75) is 39.7 Å². The third-order valence-electron chi connectivity index (χ3n) is 4.73. The van der Waals surface area contributed by atoms with Gasteiger partial charge in [0.15, 0.2) is 11.4 Å². The van der Waals surface area contributed by atoms with Crippen LogP contribution in [0.25, 0.3) is 10.6 Å². The van der Waals surface area contributed by atoms with E-state index in [4.69, 9.17) is 14.2 Å². The van der Waals surface area contributed by atoms with Crippen LogP contribution in [0.2, 0.25) is 0 Å². The van der Waals surface area contributed by atoms with Crippen LogP contribution in [0.4, 0.5) is 4.79 Å². The molecule has 0 spiro atoms. The first-order valence-electron chi connectivity index (χ1n) is 10.5. The first kappa shape index (κ1) is 24.1. The van der Waals surface area contributed by atoms with Crippen LogP contribution in [0.5, 0.6) is 11.5 Å². The van der Waals surface area contributed by atoms with Crippen LogP contribution in [-0.4, -0.2) is 41.0 Å². The van der Waals surface area contributed by atoms with Crippen LogP contribution in [0.1, 0.15) is 60.7 Å². The van der Waals surface area contributed by atoms with Crippen LogP contribution >= 0.6 is 11.3 Å². The highest BCUT2D eigenvalue weighted by Gasteiger charge is 2.24. The molecule has 1 amide bonds. The number of amides is 1. The smallest absolute Gasteiger partial charge is 0.493 e. The zero-order valence-corrected chi connectivity index (χ0v) is 19.9. The van der Waals surface area contributed by atoms with E-state index in [9.17, 15) is 9.59 Å². The van der Waals surface area contributed by atoms with E-state index in [1.165, 1.54) is 36.3 Å². The van der Waals surface area contributed by atoms with Crippen molar-refractivity contribution in [3.8, 4) is 22.1 Å². The predicted molar refractivity (Wildman–Crippen MR) is 124 cm³/mol. The highest BCUT2D eigenvalue weighted by atomic mass is 32.1. The topological polar surface area (TPSA) is 113 Å². The number of nitrogens with zero attached hydrogens (tertiary/aromatic N) is 3. The molecule has 0 aliphatic rings. The van der Waals surface area contributed by atoms with Crippen molar-refractivity contribution < 1.29 is 23.8 Å². The van der Waals surface area contributed by atoms with Crippen LogP contribution in [0.15, 0.2) is 36.5 Å². The Morgan fingerprint density at radius 1 is 1.09 bits per heavy atom. The Morgan fingerprint density at radius 3 is 2.45 bits per heavy atom. The molecule has 1 atom stereocenters. The van der Waals surface area contributed by atoms with E-state index in [0.717, 1.165) is 10.6 Å². The molecule has 2 heterocycles. The van der Waals surface area contributed by atoms with Gasteiger partial charge in [0.25, 0.3) is 5.91 Å². The molecule has 0 saturated heterocycles. The monoisotopic (exact) mass is 470 g/mol. The lowest BCUT2D eigenvalue weighted by atomic mass is 10.0. The minimum Gasteiger partial charge on any atom is -0.493 e. The van der Waals surface area contributed by atoms with Gasteiger partial charge in [-0.15, -0.1) is 10.2 Å². The Labute approximate surface area is 196 Å². The highest BCUT2D eigenvalue weighted by molar-refractivity contribution is 7.14. The van der Waals surface area contributed by atoms with Gasteiger partial charge in [-0.2, -0.15) is 0 Å². The quantitative estimate of drug-likeness (QED) is 0.469. The second-order valence-electron chi connectivity index (χ2n) is 7.39. The molecule has 0 radical (unpaired) electrons. The van der Waals surface area contributed by atoms with Gasteiger partial charge in [0.05, 0.1) is 19.8 Å². The predicted octanol–water partition coefficient (Wildman–Crippen LogP) is 4.76. The molecule has 3 rings (SSSR count). The fraction of sp³-hybridized carbons (Fsp3) is 0.348. The largest absolute Gasteiger partial charge is 0.514 e. The number of ether oxygens (including phenoxy) is 3. The third-order valence-corrected chi connectivity index (χ3v) is 5.89. The molecule has 0 unspecified atom stereocenters. The first-order valence-corrected chi connectivity index (χ1v) is 11.3. The van der Waals surface area contributed by atoms with E-state index < -0.39 is 18.1 Å². The van der Waals surface area contributed by atoms with E-state index >= 15 is 0 Å². The van der Waals surface area contributed by atoms with Gasteiger partial charge in [-0.3, -0.25) is 4.79 Å². The molecule has 1 aromatic carbocycles. The lowest BCUT2D eigenvalue weighted by molar-refractivity contribution is 0.0916. The molecule has 33 heavy (non-hydrogen) atoms. The fourth-order valence-electron chi connectivity index (χ4n) is 2.95. The number of carbonyl (C=O) groups excluding carboxylic acids is 2. The van der Waals surface area contributed by atoms with Crippen LogP contribution in [-0.2, 0) is 4.74 Å². The summed E-state index contributed by atoms with van der Waals surface area (Å²) in [6.45, 7) is 7.84. The Balaban J connectivity index is 1.77. The number of benzene rings is 1. The molecule has 174 valence electrons. The van der Waals surface area contributed by atoms with Gasteiger partial charge in [0.1, 0.15) is 10.0 Å². The van der Waals surface area contributed by atoms with E-state index in [1.807, 2.05) is 12.1 Å². The molecule has 9 nitrogen and oxygen atoms in total. The molecular formula is C23H26N4O5S. The Kier molecular flexibility index (Phi) is 7.94. The Morgan fingerprint density at radius 2 is 1.82 bits per heavy atom. The van der Waals surface area contributed by atoms with Gasteiger partial charge in [0, 0.05) is 17.8 Å². The molecule has 2 aromatic heterocycles. The summed E-state index contributed by atoms with van der Waals surface area (Å²) < 4.78 is 15.2. The number of hydrogen-bond donors (Lipinski definition) is 1. The van der Waals surface area contributed by atoms with Crippen molar-refractivity contribution in [1.82, 2.24) is 20.5 Å². The normalized spacial score (nSPS) is 11.7. The maximum Gasteiger partial charge on any atom is 0.514 e. The van der Waals surface area contributed by atoms with Crippen molar-refractivity contribution in [1.29, 1.82) is 0 Å². The molecule has 0 fully saturated rings. The highest BCUT2D eigenvalue weighted by Crippen LogP contribution is 2.31. The summed E-state index contributed by atoms with van der Waals surface area (Å²) in [5, 5.41) is 12.7. The van der Waals surface area contributed by atoms with Gasteiger partial charge in [-0.25, -0.2) is 9.78 Å². The van der Waals surface area contributed by atoms with Gasteiger partial charge >= 0.3 is 6.16 Å². The van der Waals surface area contributed by atoms with Crippen molar-refractivity contribution in [2.75, 3.05) is 13.7 Å². The SMILES string of the molecule is CCOC(=O)Oc1c(OC)ccnc1C(=O)N[C@@H](C)c1nnc(-c2ccc(C(C)C)cc2)s1. The molecular weight excluding hydrogens is 444 g/mol. The molecule has 0 aliphatic carbocycles. The summed E-state index contributed by atoms with van der Waals surface area (Å²) in [6, 6.07) is 9.21. The molecule has 0 aliphatic heterocycles. The summed E-state index contributed by atoms with van der Waals surface area (Å²) in [7, 11) is 1.40. The number of pyridine rings is 1. The lowest BCUT2D eigenvalue weighted by Gasteiger charge is -2.14. The molecule has 0 saturated carbocycles. The van der Waals surface area contributed by atoms with Crippen molar-refractivity contribution in [3.63, 3.8) is 0 Å². The van der Waals surface area contributed by atoms with Crippen molar-refractivity contribution in [3.05, 3.63) is 52.8 Å². The number of methoxy groups -OCH3 is 1. The van der Waals surface area contributed by atoms with Crippen LogP contribution in [0.3, 0.4) is 0 Å². The Bertz CT molecular complexity index is 1110. The average Bonchev–Trinajstić information content (AvgIpc) is 3.30. The number of nitrogens with one attached hydrogen (secondary N) is 1. The number of carbonyl (C=O) groups is 2. The molecule has 10 heteroatoms. The number of hydrogen-bond acceptors (Lipinski definition) is 9. The fourth-order valence-corrected chi connectivity index (χ4v) is 3.80. The van der Waals surface area contributed by atoms with E-state index in [0.29, 0.717) is 10.9 Å². The standard InChI is InChI=1S/C23H26N4O5S/c1-6-31-23(29)32-19-17(30-5)11-12-24-18(19)20(28)25-14(4)21-26-27-22(33-21)16-9-7-15(8-10-16)13(2)3/h7-14H,6H2,1-5H3,(H,25,28)/t14-/m0/s1. The molecule has 3 aromatic rings. The van der Waals surface area contributed by atoms with Gasteiger partial charge < -0.3 is 19.5 Å². The van der Waals surface area contributed by atoms with Gasteiger partial charge in [-0.1, -0.05) is 49.4 Å². The summed E-state index contributed by atoms with van der Waals surface area (Å²) in [5.41, 5.74) is 2.10. The number of aromatic nitrogens is 3.